The zero-order valence-corrected chi connectivity index (χ0v) is 24.0. The van der Waals surface area contributed by atoms with Crippen LogP contribution in [0.4, 0.5) is 5.69 Å². The third-order valence-electron chi connectivity index (χ3n) is 5.66. The summed E-state index contributed by atoms with van der Waals surface area (Å²) in [6.45, 7) is 6.74. The summed E-state index contributed by atoms with van der Waals surface area (Å²) in [7, 11) is -3.58. The van der Waals surface area contributed by atoms with Crippen LogP contribution in [-0.2, 0) is 26.2 Å². The summed E-state index contributed by atoms with van der Waals surface area (Å²) in [6.07, 6.45) is 1.87. The number of anilines is 1. The smallest absolute Gasteiger partial charge is 0.242 e. The third-order valence-corrected chi connectivity index (χ3v) is 7.59. The normalized spacial score (nSPS) is 12.1. The summed E-state index contributed by atoms with van der Waals surface area (Å²) in [5, 5.41) is 3.55. The molecule has 0 aliphatic carbocycles. The van der Waals surface area contributed by atoms with Gasteiger partial charge in [0.15, 0.2) is 0 Å². The zero-order valence-electron chi connectivity index (χ0n) is 21.7. The minimum Gasteiger partial charge on any atom is -0.494 e. The molecular formula is C26H35Cl2N3O5S. The Hall–Kier alpha value is -2.49. The number of amides is 2. The van der Waals surface area contributed by atoms with Gasteiger partial charge in [0.25, 0.3) is 0 Å². The van der Waals surface area contributed by atoms with E-state index < -0.39 is 16.1 Å². The second kappa shape index (κ2) is 14.4. The van der Waals surface area contributed by atoms with Crippen LogP contribution in [0.2, 0.25) is 10.0 Å². The van der Waals surface area contributed by atoms with Crippen LogP contribution >= 0.6 is 23.2 Å². The first-order chi connectivity index (χ1) is 17.5. The molecule has 0 aliphatic rings. The average molecular weight is 573 g/mol. The minimum absolute atomic E-state index is 0.0558. The Labute approximate surface area is 229 Å². The summed E-state index contributed by atoms with van der Waals surface area (Å²) in [5.74, 6) is 0.138. The average Bonchev–Trinajstić information content (AvgIpc) is 2.84. The SMILES string of the molecule is CCNC(=O)[C@H](CC)N(Cc1ccc(Cl)c(Cl)c1)C(=O)CCCN(c1ccc(OCC)cc1)S(C)(=O)=O. The van der Waals surface area contributed by atoms with Gasteiger partial charge in [-0.3, -0.25) is 13.9 Å². The van der Waals surface area contributed by atoms with Crippen LogP contribution in [0.15, 0.2) is 42.5 Å². The Morgan fingerprint density at radius 1 is 1.03 bits per heavy atom. The molecule has 0 bridgehead atoms. The van der Waals surface area contributed by atoms with Gasteiger partial charge in [0.1, 0.15) is 11.8 Å². The van der Waals surface area contributed by atoms with Crippen LogP contribution in [-0.4, -0.2) is 57.1 Å². The molecule has 8 nitrogen and oxygen atoms in total. The van der Waals surface area contributed by atoms with Gasteiger partial charge >= 0.3 is 0 Å². The monoisotopic (exact) mass is 571 g/mol. The van der Waals surface area contributed by atoms with Gasteiger partial charge in [-0.2, -0.15) is 0 Å². The predicted molar refractivity (Wildman–Crippen MR) is 149 cm³/mol. The number of carbonyl (C=O) groups excluding carboxylic acids is 2. The predicted octanol–water partition coefficient (Wildman–Crippen LogP) is 4.88. The maximum atomic E-state index is 13.4. The lowest BCUT2D eigenvalue weighted by Crippen LogP contribution is -2.49. The second-order valence-corrected chi connectivity index (χ2v) is 11.2. The van der Waals surface area contributed by atoms with Crippen LogP contribution in [0.3, 0.4) is 0 Å². The third kappa shape index (κ3) is 9.09. The summed E-state index contributed by atoms with van der Waals surface area (Å²) < 4.78 is 31.7. The molecule has 0 aromatic heterocycles. The molecule has 0 saturated carbocycles. The van der Waals surface area contributed by atoms with Crippen molar-refractivity contribution in [2.24, 2.45) is 0 Å². The number of nitrogens with one attached hydrogen (secondary N) is 1. The van der Waals surface area contributed by atoms with E-state index in [0.29, 0.717) is 41.1 Å². The van der Waals surface area contributed by atoms with E-state index in [-0.39, 0.29) is 37.7 Å². The van der Waals surface area contributed by atoms with Gasteiger partial charge in [-0.15, -0.1) is 0 Å². The number of rotatable bonds is 14. The lowest BCUT2D eigenvalue weighted by atomic mass is 10.1. The summed E-state index contributed by atoms with van der Waals surface area (Å²) >= 11 is 12.2. The number of hydrogen-bond donors (Lipinski definition) is 1. The number of carbonyl (C=O) groups is 2. The summed E-state index contributed by atoms with van der Waals surface area (Å²) in [5.41, 5.74) is 1.22. The van der Waals surface area contributed by atoms with Gasteiger partial charge in [-0.1, -0.05) is 36.2 Å². The number of benzene rings is 2. The molecule has 1 atom stereocenters. The van der Waals surface area contributed by atoms with E-state index in [2.05, 4.69) is 5.32 Å². The molecule has 2 aromatic rings. The van der Waals surface area contributed by atoms with Crippen LogP contribution in [0, 0.1) is 0 Å². The molecule has 2 aromatic carbocycles. The van der Waals surface area contributed by atoms with E-state index >= 15 is 0 Å². The van der Waals surface area contributed by atoms with Crippen LogP contribution in [0.5, 0.6) is 5.75 Å². The molecule has 0 unspecified atom stereocenters. The number of nitrogens with zero attached hydrogens (tertiary/aromatic N) is 2. The fraction of sp³-hybridized carbons (Fsp3) is 0.462. The summed E-state index contributed by atoms with van der Waals surface area (Å²) in [6, 6.07) is 11.2. The Balaban J connectivity index is 2.21. The van der Waals surface area contributed by atoms with Gasteiger partial charge in [-0.25, -0.2) is 8.42 Å². The Morgan fingerprint density at radius 2 is 1.70 bits per heavy atom. The van der Waals surface area contributed by atoms with Gasteiger partial charge in [0, 0.05) is 26.1 Å². The Kier molecular flexibility index (Phi) is 12.0. The van der Waals surface area contributed by atoms with Crippen molar-refractivity contribution in [1.29, 1.82) is 0 Å². The van der Waals surface area contributed by atoms with E-state index in [4.69, 9.17) is 27.9 Å². The molecule has 0 radical (unpaired) electrons. The molecular weight excluding hydrogens is 537 g/mol. The van der Waals surface area contributed by atoms with Crippen molar-refractivity contribution in [3.63, 3.8) is 0 Å². The number of likely N-dealkylation sites (N-methyl/N-ethyl adjacent to an activating group) is 1. The highest BCUT2D eigenvalue weighted by molar-refractivity contribution is 7.92. The standard InChI is InChI=1S/C26H35Cl2N3O5S/c1-5-24(26(33)29-6-2)30(18-19-10-15-22(27)23(28)17-19)25(32)9-8-16-31(37(4,34)35)20-11-13-21(14-12-20)36-7-3/h10-15,17,24H,5-9,16,18H2,1-4H3,(H,29,33)/t24-/m0/s1. The van der Waals surface area contributed by atoms with Gasteiger partial charge in [0.2, 0.25) is 21.8 Å². The van der Waals surface area contributed by atoms with E-state index in [1.54, 1.807) is 42.5 Å². The van der Waals surface area contributed by atoms with Crippen molar-refractivity contribution in [1.82, 2.24) is 10.2 Å². The first-order valence-electron chi connectivity index (χ1n) is 12.2. The molecule has 0 spiro atoms. The fourth-order valence-electron chi connectivity index (χ4n) is 3.93. The fourth-order valence-corrected chi connectivity index (χ4v) is 5.21. The highest BCUT2D eigenvalue weighted by Gasteiger charge is 2.28. The van der Waals surface area contributed by atoms with Crippen molar-refractivity contribution in [3.05, 3.63) is 58.1 Å². The van der Waals surface area contributed by atoms with E-state index in [9.17, 15) is 18.0 Å². The van der Waals surface area contributed by atoms with Crippen molar-refractivity contribution in [3.8, 4) is 5.75 Å². The largest absolute Gasteiger partial charge is 0.494 e. The molecule has 2 amide bonds. The van der Waals surface area contributed by atoms with Crippen LogP contribution in [0.1, 0.15) is 45.6 Å². The molecule has 11 heteroatoms. The minimum atomic E-state index is -3.58. The first-order valence-corrected chi connectivity index (χ1v) is 14.8. The quantitative estimate of drug-likeness (QED) is 0.348. The number of halogens is 2. The van der Waals surface area contributed by atoms with Gasteiger partial charge in [-0.05, 0) is 68.7 Å². The van der Waals surface area contributed by atoms with Crippen molar-refractivity contribution in [2.45, 2.75) is 52.6 Å². The van der Waals surface area contributed by atoms with E-state index in [1.165, 1.54) is 9.21 Å². The highest BCUT2D eigenvalue weighted by Crippen LogP contribution is 2.25. The van der Waals surface area contributed by atoms with Gasteiger partial charge in [0.05, 0.1) is 28.6 Å². The number of hydrogen-bond acceptors (Lipinski definition) is 5. The molecule has 0 fully saturated rings. The first kappa shape index (κ1) is 30.7. The van der Waals surface area contributed by atoms with Crippen molar-refractivity contribution >= 4 is 50.7 Å². The zero-order chi connectivity index (χ0) is 27.6. The van der Waals surface area contributed by atoms with Gasteiger partial charge < -0.3 is 15.0 Å². The van der Waals surface area contributed by atoms with Crippen molar-refractivity contribution < 1.29 is 22.7 Å². The lowest BCUT2D eigenvalue weighted by molar-refractivity contribution is -0.141. The second-order valence-electron chi connectivity index (χ2n) is 8.45. The maximum Gasteiger partial charge on any atom is 0.242 e. The molecule has 0 heterocycles. The maximum absolute atomic E-state index is 13.4. The molecule has 2 rings (SSSR count). The summed E-state index contributed by atoms with van der Waals surface area (Å²) in [4.78, 5) is 27.7. The van der Waals surface area contributed by atoms with Crippen LogP contribution in [0.25, 0.3) is 0 Å². The van der Waals surface area contributed by atoms with E-state index in [1.807, 2.05) is 20.8 Å². The highest BCUT2D eigenvalue weighted by atomic mass is 35.5. The molecule has 37 heavy (non-hydrogen) atoms. The molecule has 0 aliphatic heterocycles. The van der Waals surface area contributed by atoms with Crippen molar-refractivity contribution in [2.75, 3.05) is 30.3 Å². The molecule has 1 N–H and O–H groups in total. The lowest BCUT2D eigenvalue weighted by Gasteiger charge is -2.31. The van der Waals surface area contributed by atoms with E-state index in [0.717, 1.165) is 11.8 Å². The Bertz CT molecular complexity index is 1160. The Morgan fingerprint density at radius 3 is 2.24 bits per heavy atom. The van der Waals surface area contributed by atoms with Crippen LogP contribution < -0.4 is 14.4 Å². The molecule has 204 valence electrons. The number of ether oxygens (including phenoxy) is 1. The topological polar surface area (TPSA) is 96.0 Å². The molecule has 0 saturated heterocycles. The number of sulfonamides is 1.